The fraction of sp³-hybridized carbons (Fsp3) is 0.0625. The van der Waals surface area contributed by atoms with Gasteiger partial charge in [0.15, 0.2) is 0 Å². The second kappa shape index (κ2) is 15.8. The van der Waals surface area contributed by atoms with E-state index in [0.29, 0.717) is 5.92 Å². The molecule has 66 heavy (non-hydrogen) atoms. The Morgan fingerprint density at radius 1 is 0.439 bits per heavy atom. The predicted octanol–water partition coefficient (Wildman–Crippen LogP) is 17.8. The van der Waals surface area contributed by atoms with Gasteiger partial charge in [0.05, 0.1) is 0 Å². The van der Waals surface area contributed by atoms with Crippen LogP contribution in [0.4, 0.5) is 11.4 Å². The Balaban J connectivity index is 0.887. The predicted molar refractivity (Wildman–Crippen MR) is 279 cm³/mol. The zero-order chi connectivity index (χ0) is 43.6. The van der Waals surface area contributed by atoms with E-state index in [0.717, 1.165) is 51.6 Å². The van der Waals surface area contributed by atoms with Gasteiger partial charge in [-0.15, -0.1) is 0 Å². The van der Waals surface area contributed by atoms with Crippen LogP contribution in [0.5, 0.6) is 0 Å². The lowest BCUT2D eigenvalue weighted by Gasteiger charge is -2.32. The number of allylic oxidation sites excluding steroid dienone is 7. The van der Waals surface area contributed by atoms with Crippen LogP contribution in [0.15, 0.2) is 247 Å². The lowest BCUT2D eigenvalue weighted by molar-refractivity contribution is 0.670. The molecule has 2 atom stereocenters. The number of fused-ring (bicyclic) bond motifs is 3. The first-order chi connectivity index (χ1) is 32.7. The van der Waals surface area contributed by atoms with Gasteiger partial charge in [-0.2, -0.15) is 0 Å². The summed E-state index contributed by atoms with van der Waals surface area (Å²) in [5, 5.41) is 10.1. The molecule has 2 nitrogen and oxygen atoms in total. The number of hydrogen-bond donors (Lipinski definition) is 0. The Bertz CT molecular complexity index is 3750. The SMILES string of the molecule is C1=CCC(c2ccccc2N(C2=CCC(c3ccc(-c4ccc5ccc6cccc7ccc4c5c67)cc3-c3ccccc3)C=C2)c2ccc(-c3cccc4c3oc3ccccc34)cc2)C=C1. The molecule has 0 N–H and O–H groups in total. The summed E-state index contributed by atoms with van der Waals surface area (Å²) >= 11 is 0. The van der Waals surface area contributed by atoms with Crippen molar-refractivity contribution in [2.75, 3.05) is 4.90 Å². The summed E-state index contributed by atoms with van der Waals surface area (Å²) in [6.45, 7) is 0. The summed E-state index contributed by atoms with van der Waals surface area (Å²) in [6.07, 6.45) is 18.1. The molecule has 2 aliphatic rings. The second-order valence-electron chi connectivity index (χ2n) is 17.8. The minimum absolute atomic E-state index is 0.203. The quantitative estimate of drug-likeness (QED) is 0.142. The molecule has 0 saturated carbocycles. The van der Waals surface area contributed by atoms with E-state index in [2.05, 4.69) is 235 Å². The van der Waals surface area contributed by atoms with Crippen LogP contribution in [0.3, 0.4) is 0 Å². The molecular weight excluding hydrogens is 799 g/mol. The van der Waals surface area contributed by atoms with Gasteiger partial charge >= 0.3 is 0 Å². The molecule has 2 heteroatoms. The highest BCUT2D eigenvalue weighted by atomic mass is 16.3. The Morgan fingerprint density at radius 3 is 1.98 bits per heavy atom. The highest BCUT2D eigenvalue weighted by molar-refractivity contribution is 6.25. The number of nitrogens with zero attached hydrogens (tertiary/aromatic N) is 1. The molecule has 11 aromatic rings. The lowest BCUT2D eigenvalue weighted by atomic mass is 9.83. The zero-order valence-corrected chi connectivity index (χ0v) is 36.4. The third kappa shape index (κ3) is 6.40. The number of furan rings is 1. The lowest BCUT2D eigenvalue weighted by Crippen LogP contribution is -2.19. The van der Waals surface area contributed by atoms with Crippen molar-refractivity contribution in [1.29, 1.82) is 0 Å². The number of anilines is 2. The van der Waals surface area contributed by atoms with E-state index in [4.69, 9.17) is 4.42 Å². The molecule has 2 aliphatic carbocycles. The van der Waals surface area contributed by atoms with Crippen molar-refractivity contribution >= 4 is 65.6 Å². The zero-order valence-electron chi connectivity index (χ0n) is 36.4. The molecule has 0 aliphatic heterocycles. The maximum absolute atomic E-state index is 6.47. The van der Waals surface area contributed by atoms with Crippen LogP contribution in [0.1, 0.15) is 35.8 Å². The van der Waals surface area contributed by atoms with Gasteiger partial charge in [0.1, 0.15) is 11.2 Å². The van der Waals surface area contributed by atoms with E-state index in [1.54, 1.807) is 0 Å². The van der Waals surface area contributed by atoms with Gasteiger partial charge in [-0.3, -0.25) is 0 Å². The smallest absolute Gasteiger partial charge is 0.143 e. The molecule has 10 aromatic carbocycles. The molecule has 0 saturated heterocycles. The van der Waals surface area contributed by atoms with E-state index in [9.17, 15) is 0 Å². The average molecular weight is 844 g/mol. The fourth-order valence-electron chi connectivity index (χ4n) is 10.9. The first-order valence-electron chi connectivity index (χ1n) is 23.2. The van der Waals surface area contributed by atoms with Crippen LogP contribution in [0.25, 0.3) is 87.6 Å². The van der Waals surface area contributed by atoms with Gasteiger partial charge in [-0.25, -0.2) is 0 Å². The Hall–Kier alpha value is -8.20. The number of benzene rings is 10. The average Bonchev–Trinajstić information content (AvgIpc) is 3.78. The molecule has 0 amide bonds. The largest absolute Gasteiger partial charge is 0.455 e. The summed E-state index contributed by atoms with van der Waals surface area (Å²) in [5.41, 5.74) is 15.2. The topological polar surface area (TPSA) is 16.4 Å². The summed E-state index contributed by atoms with van der Waals surface area (Å²) in [5.74, 6) is 0.495. The summed E-state index contributed by atoms with van der Waals surface area (Å²) in [4.78, 5) is 2.47. The summed E-state index contributed by atoms with van der Waals surface area (Å²) in [7, 11) is 0. The van der Waals surface area contributed by atoms with Crippen LogP contribution in [-0.4, -0.2) is 0 Å². The molecule has 0 bridgehead atoms. The van der Waals surface area contributed by atoms with Crippen molar-refractivity contribution in [1.82, 2.24) is 0 Å². The number of hydrogen-bond acceptors (Lipinski definition) is 2. The maximum Gasteiger partial charge on any atom is 0.143 e. The molecule has 13 rings (SSSR count). The number of para-hydroxylation sites is 3. The van der Waals surface area contributed by atoms with Crippen molar-refractivity contribution < 1.29 is 4.42 Å². The fourth-order valence-corrected chi connectivity index (χ4v) is 10.9. The molecule has 1 aromatic heterocycles. The van der Waals surface area contributed by atoms with Gasteiger partial charge in [-0.05, 0) is 121 Å². The van der Waals surface area contributed by atoms with E-state index in [1.165, 1.54) is 77.1 Å². The molecule has 312 valence electrons. The highest BCUT2D eigenvalue weighted by Gasteiger charge is 2.25. The van der Waals surface area contributed by atoms with Crippen molar-refractivity contribution in [2.24, 2.45) is 0 Å². The van der Waals surface area contributed by atoms with Crippen LogP contribution < -0.4 is 4.90 Å². The van der Waals surface area contributed by atoms with Crippen LogP contribution in [0.2, 0.25) is 0 Å². The minimum atomic E-state index is 0.203. The van der Waals surface area contributed by atoms with Crippen molar-refractivity contribution in [3.8, 4) is 33.4 Å². The van der Waals surface area contributed by atoms with Crippen molar-refractivity contribution in [3.63, 3.8) is 0 Å². The van der Waals surface area contributed by atoms with Gasteiger partial charge in [0.25, 0.3) is 0 Å². The Labute approximate surface area is 384 Å². The highest BCUT2D eigenvalue weighted by Crippen LogP contribution is 2.45. The van der Waals surface area contributed by atoms with Gasteiger partial charge in [0.2, 0.25) is 0 Å². The van der Waals surface area contributed by atoms with Gasteiger partial charge in [0, 0.05) is 45.2 Å². The molecule has 1 heterocycles. The first-order valence-corrected chi connectivity index (χ1v) is 23.2. The third-order valence-electron chi connectivity index (χ3n) is 14.1. The molecule has 2 unspecified atom stereocenters. The summed E-state index contributed by atoms with van der Waals surface area (Å²) in [6, 6.07) is 71.3. The normalized spacial score (nSPS) is 16.0. The van der Waals surface area contributed by atoms with Crippen LogP contribution >= 0.6 is 0 Å². The standard InChI is InChI=1S/C64H45NO/c1-3-13-42(14-4-1)54-19-7-9-23-60(54)65(51-36-29-45(30-37-51)55-21-12-22-58-56-20-8-10-24-61(56)66-64(55)58)50-34-27-44(28-35-50)52-39-33-49(41-59(52)43-15-5-2-6-16-43)53-38-31-48-26-25-46-17-11-18-47-32-40-57(53)63(48)62(46)47/h1-13,15-27,29-42,44H,14,28H2. The minimum Gasteiger partial charge on any atom is -0.455 e. The van der Waals surface area contributed by atoms with Gasteiger partial charge < -0.3 is 9.32 Å². The van der Waals surface area contributed by atoms with Crippen molar-refractivity contribution in [3.05, 3.63) is 253 Å². The molecule has 0 fully saturated rings. The van der Waals surface area contributed by atoms with Crippen LogP contribution in [0, 0.1) is 0 Å². The third-order valence-corrected chi connectivity index (χ3v) is 14.1. The first kappa shape index (κ1) is 38.3. The van der Waals surface area contributed by atoms with E-state index in [-0.39, 0.29) is 5.92 Å². The van der Waals surface area contributed by atoms with Crippen LogP contribution in [-0.2, 0) is 0 Å². The Kier molecular flexibility index (Phi) is 9.16. The molecular formula is C64H45NO. The van der Waals surface area contributed by atoms with E-state index >= 15 is 0 Å². The number of rotatable bonds is 8. The summed E-state index contributed by atoms with van der Waals surface area (Å²) < 4.78 is 6.47. The maximum atomic E-state index is 6.47. The van der Waals surface area contributed by atoms with Crippen molar-refractivity contribution in [2.45, 2.75) is 24.7 Å². The Morgan fingerprint density at radius 2 is 1.15 bits per heavy atom. The molecule has 0 radical (unpaired) electrons. The monoisotopic (exact) mass is 843 g/mol. The van der Waals surface area contributed by atoms with Gasteiger partial charge in [-0.1, -0.05) is 200 Å². The van der Waals surface area contributed by atoms with E-state index in [1.807, 2.05) is 6.07 Å². The molecule has 0 spiro atoms. The second-order valence-corrected chi connectivity index (χ2v) is 17.8. The van der Waals surface area contributed by atoms with E-state index < -0.39 is 0 Å².